The Balaban J connectivity index is 3.52. The van der Waals surface area contributed by atoms with Gasteiger partial charge in [-0.15, -0.1) is 0 Å². The molecule has 0 bridgehead atoms. The van der Waals surface area contributed by atoms with Crippen LogP contribution < -0.4 is 0 Å². The van der Waals surface area contributed by atoms with E-state index in [0.717, 1.165) is 12.8 Å². The highest BCUT2D eigenvalue weighted by molar-refractivity contribution is 5.93. The summed E-state index contributed by atoms with van der Waals surface area (Å²) in [6, 6.07) is 0. The number of benzene rings is 1. The number of hydrogen-bond acceptors (Lipinski definition) is 3. The van der Waals surface area contributed by atoms with Crippen LogP contribution in [0.4, 0.5) is 0 Å². The lowest BCUT2D eigenvalue weighted by atomic mass is 9.91. The standard InChI is InChI=1S/C14H20O4/c1-4-6-7-10-11(14(17)18)8(3)9(5-2)12(15)13(10)16/h15-16H,4-7H2,1-3H3,(H,17,18). The molecule has 0 aliphatic carbocycles. The van der Waals surface area contributed by atoms with Gasteiger partial charge in [-0.1, -0.05) is 20.3 Å². The number of aromatic carboxylic acids is 1. The Bertz CT molecular complexity index is 464. The highest BCUT2D eigenvalue weighted by atomic mass is 16.4. The molecule has 0 spiro atoms. The fourth-order valence-electron chi connectivity index (χ4n) is 2.28. The fraction of sp³-hybridized carbons (Fsp3) is 0.500. The van der Waals surface area contributed by atoms with Gasteiger partial charge in [0.1, 0.15) is 0 Å². The van der Waals surface area contributed by atoms with E-state index in [1.54, 1.807) is 6.92 Å². The third-order valence-corrected chi connectivity index (χ3v) is 3.27. The van der Waals surface area contributed by atoms with E-state index in [9.17, 15) is 20.1 Å². The molecular weight excluding hydrogens is 232 g/mol. The van der Waals surface area contributed by atoms with Crippen molar-refractivity contribution in [2.24, 2.45) is 0 Å². The molecular formula is C14H20O4. The van der Waals surface area contributed by atoms with Crippen molar-refractivity contribution >= 4 is 5.97 Å². The number of rotatable bonds is 5. The Morgan fingerprint density at radius 1 is 1.11 bits per heavy atom. The van der Waals surface area contributed by atoms with Gasteiger partial charge in [0.05, 0.1) is 5.56 Å². The highest BCUT2D eigenvalue weighted by Gasteiger charge is 2.23. The zero-order valence-electron chi connectivity index (χ0n) is 11.1. The topological polar surface area (TPSA) is 77.8 Å². The van der Waals surface area contributed by atoms with E-state index in [1.807, 2.05) is 13.8 Å². The molecule has 0 aliphatic heterocycles. The Morgan fingerprint density at radius 3 is 2.11 bits per heavy atom. The minimum Gasteiger partial charge on any atom is -0.504 e. The number of carboxylic acids is 1. The van der Waals surface area contributed by atoms with Gasteiger partial charge in [-0.2, -0.15) is 0 Å². The molecule has 0 heterocycles. The maximum absolute atomic E-state index is 11.3. The molecule has 0 saturated carbocycles. The molecule has 4 nitrogen and oxygen atoms in total. The predicted molar refractivity (Wildman–Crippen MR) is 69.5 cm³/mol. The fourth-order valence-corrected chi connectivity index (χ4v) is 2.28. The lowest BCUT2D eigenvalue weighted by Crippen LogP contribution is -2.09. The van der Waals surface area contributed by atoms with Crippen LogP contribution in [0.15, 0.2) is 0 Å². The first kappa shape index (κ1) is 14.4. The van der Waals surface area contributed by atoms with Crippen molar-refractivity contribution in [3.05, 3.63) is 22.3 Å². The quantitative estimate of drug-likeness (QED) is 0.704. The molecule has 1 rings (SSSR count). The van der Waals surface area contributed by atoms with Gasteiger partial charge in [0.15, 0.2) is 11.5 Å². The van der Waals surface area contributed by atoms with Gasteiger partial charge in [-0.25, -0.2) is 4.79 Å². The van der Waals surface area contributed by atoms with E-state index in [4.69, 9.17) is 0 Å². The number of carbonyl (C=O) groups is 1. The van der Waals surface area contributed by atoms with Gasteiger partial charge in [0, 0.05) is 11.1 Å². The molecule has 1 aromatic rings. The van der Waals surface area contributed by atoms with Crippen LogP contribution >= 0.6 is 0 Å². The van der Waals surface area contributed by atoms with Crippen LogP contribution in [-0.2, 0) is 12.8 Å². The number of hydrogen-bond donors (Lipinski definition) is 3. The van der Waals surface area contributed by atoms with Crippen LogP contribution in [0.2, 0.25) is 0 Å². The van der Waals surface area contributed by atoms with Crippen molar-refractivity contribution in [3.8, 4) is 11.5 Å². The maximum atomic E-state index is 11.3. The smallest absolute Gasteiger partial charge is 0.336 e. The molecule has 0 atom stereocenters. The van der Waals surface area contributed by atoms with Gasteiger partial charge in [0.2, 0.25) is 0 Å². The second-order valence-electron chi connectivity index (χ2n) is 4.42. The highest BCUT2D eigenvalue weighted by Crippen LogP contribution is 2.39. The van der Waals surface area contributed by atoms with E-state index in [2.05, 4.69) is 0 Å². The lowest BCUT2D eigenvalue weighted by Gasteiger charge is -2.17. The molecule has 18 heavy (non-hydrogen) atoms. The van der Waals surface area contributed by atoms with Crippen molar-refractivity contribution < 1.29 is 20.1 Å². The van der Waals surface area contributed by atoms with Gasteiger partial charge >= 0.3 is 5.97 Å². The number of phenolic OH excluding ortho intramolecular Hbond substituents is 2. The van der Waals surface area contributed by atoms with E-state index >= 15 is 0 Å². The van der Waals surface area contributed by atoms with Gasteiger partial charge < -0.3 is 15.3 Å². The largest absolute Gasteiger partial charge is 0.504 e. The summed E-state index contributed by atoms with van der Waals surface area (Å²) in [6.07, 6.45) is 2.62. The molecule has 1 aromatic carbocycles. The molecule has 0 saturated heterocycles. The van der Waals surface area contributed by atoms with Gasteiger partial charge in [0.25, 0.3) is 0 Å². The van der Waals surface area contributed by atoms with E-state index in [0.29, 0.717) is 29.5 Å². The second-order valence-corrected chi connectivity index (χ2v) is 4.42. The molecule has 0 aliphatic rings. The van der Waals surface area contributed by atoms with Gasteiger partial charge in [-0.05, 0) is 31.7 Å². The Hall–Kier alpha value is -1.71. The van der Waals surface area contributed by atoms with Crippen LogP contribution in [0.3, 0.4) is 0 Å². The molecule has 4 heteroatoms. The first-order valence-electron chi connectivity index (χ1n) is 6.25. The average molecular weight is 252 g/mol. The average Bonchev–Trinajstić information content (AvgIpc) is 2.32. The van der Waals surface area contributed by atoms with Crippen molar-refractivity contribution in [1.29, 1.82) is 0 Å². The van der Waals surface area contributed by atoms with Crippen molar-refractivity contribution in [2.45, 2.75) is 46.5 Å². The summed E-state index contributed by atoms with van der Waals surface area (Å²) in [7, 11) is 0. The van der Waals surface area contributed by atoms with Crippen molar-refractivity contribution in [2.75, 3.05) is 0 Å². The molecule has 0 fully saturated rings. The minimum atomic E-state index is -1.05. The zero-order chi connectivity index (χ0) is 13.9. The molecule has 0 unspecified atom stereocenters. The second kappa shape index (κ2) is 5.76. The van der Waals surface area contributed by atoms with Crippen LogP contribution in [0.5, 0.6) is 11.5 Å². The predicted octanol–water partition coefficient (Wildman–Crippen LogP) is 3.01. The Morgan fingerprint density at radius 2 is 1.67 bits per heavy atom. The molecule has 0 amide bonds. The first-order chi connectivity index (χ1) is 8.45. The number of aromatic hydroxyl groups is 2. The maximum Gasteiger partial charge on any atom is 0.336 e. The summed E-state index contributed by atoms with van der Waals surface area (Å²) in [6.45, 7) is 5.49. The van der Waals surface area contributed by atoms with Crippen molar-refractivity contribution in [1.82, 2.24) is 0 Å². The van der Waals surface area contributed by atoms with Crippen molar-refractivity contribution in [3.63, 3.8) is 0 Å². The first-order valence-corrected chi connectivity index (χ1v) is 6.25. The van der Waals surface area contributed by atoms with E-state index in [-0.39, 0.29) is 17.1 Å². The Labute approximate surface area is 107 Å². The lowest BCUT2D eigenvalue weighted by molar-refractivity contribution is 0.0694. The van der Waals surface area contributed by atoms with Crippen LogP contribution in [-0.4, -0.2) is 21.3 Å². The number of phenols is 2. The van der Waals surface area contributed by atoms with Crippen LogP contribution in [0.25, 0.3) is 0 Å². The minimum absolute atomic E-state index is 0.135. The molecule has 3 N–H and O–H groups in total. The summed E-state index contributed by atoms with van der Waals surface area (Å²) >= 11 is 0. The molecule has 100 valence electrons. The summed E-state index contributed by atoms with van der Waals surface area (Å²) in [5.74, 6) is -1.50. The number of unbranched alkanes of at least 4 members (excludes halogenated alkanes) is 1. The zero-order valence-corrected chi connectivity index (χ0v) is 11.1. The number of carboxylic acid groups (broad SMARTS) is 1. The third kappa shape index (κ3) is 2.42. The molecule has 0 radical (unpaired) electrons. The van der Waals surface area contributed by atoms with E-state index in [1.165, 1.54) is 0 Å². The third-order valence-electron chi connectivity index (χ3n) is 3.27. The molecule has 0 aromatic heterocycles. The van der Waals surface area contributed by atoms with Gasteiger partial charge in [-0.3, -0.25) is 0 Å². The Kier molecular flexibility index (Phi) is 4.59. The monoisotopic (exact) mass is 252 g/mol. The normalized spacial score (nSPS) is 10.6. The van der Waals surface area contributed by atoms with Crippen LogP contribution in [0.1, 0.15) is 53.7 Å². The van der Waals surface area contributed by atoms with E-state index < -0.39 is 5.97 Å². The SMILES string of the molecule is CCCCc1c(O)c(O)c(CC)c(C)c1C(=O)O. The van der Waals surface area contributed by atoms with Crippen LogP contribution in [0, 0.1) is 6.92 Å². The summed E-state index contributed by atoms with van der Waals surface area (Å²) < 4.78 is 0. The summed E-state index contributed by atoms with van der Waals surface area (Å²) in [5.41, 5.74) is 1.53. The summed E-state index contributed by atoms with van der Waals surface area (Å²) in [5, 5.41) is 29.2. The summed E-state index contributed by atoms with van der Waals surface area (Å²) in [4.78, 5) is 11.3.